The lowest BCUT2D eigenvalue weighted by Crippen LogP contribution is -1.96. The van der Waals surface area contributed by atoms with Crippen molar-refractivity contribution >= 4 is 40.7 Å². The Morgan fingerprint density at radius 2 is 2.05 bits per heavy atom. The van der Waals surface area contributed by atoms with E-state index in [0.29, 0.717) is 10.2 Å². The van der Waals surface area contributed by atoms with Gasteiger partial charge in [-0.05, 0) is 12.3 Å². The van der Waals surface area contributed by atoms with E-state index in [9.17, 15) is 10.1 Å². The van der Waals surface area contributed by atoms with Gasteiger partial charge in [-0.15, -0.1) is 0 Å². The Morgan fingerprint density at radius 1 is 1.30 bits per heavy atom. The average molecular weight is 332 g/mol. The lowest BCUT2D eigenvalue weighted by Gasteiger charge is -2.07. The highest BCUT2D eigenvalue weighted by Gasteiger charge is 2.17. The van der Waals surface area contributed by atoms with Crippen molar-refractivity contribution in [2.45, 2.75) is 5.16 Å². The molecule has 1 aromatic carbocycles. The van der Waals surface area contributed by atoms with Gasteiger partial charge in [0.2, 0.25) is 11.6 Å². The van der Waals surface area contributed by atoms with Crippen LogP contribution in [0.15, 0.2) is 29.4 Å². The second-order valence-corrected chi connectivity index (χ2v) is 5.08. The number of ether oxygens (including phenoxy) is 1. The summed E-state index contributed by atoms with van der Waals surface area (Å²) >= 11 is 12.9. The van der Waals surface area contributed by atoms with Crippen molar-refractivity contribution in [3.8, 4) is 11.6 Å². The van der Waals surface area contributed by atoms with Gasteiger partial charge in [0.05, 0.1) is 4.92 Å². The molecular weight excluding hydrogens is 325 g/mol. The monoisotopic (exact) mass is 331 g/mol. The first-order chi connectivity index (χ1) is 9.49. The van der Waals surface area contributed by atoms with Crippen molar-refractivity contribution in [1.29, 1.82) is 0 Å². The number of nitrogens with zero attached hydrogens (tertiary/aromatic N) is 3. The normalized spacial score (nSPS) is 10.3. The summed E-state index contributed by atoms with van der Waals surface area (Å²) in [4.78, 5) is 18.4. The van der Waals surface area contributed by atoms with E-state index < -0.39 is 4.92 Å². The third-order valence-corrected chi connectivity index (χ3v) is 3.14. The Bertz CT molecular complexity index is 669. The Kier molecular flexibility index (Phi) is 4.64. The summed E-state index contributed by atoms with van der Waals surface area (Å²) in [6.45, 7) is 0. The van der Waals surface area contributed by atoms with E-state index in [1.807, 2.05) is 0 Å². The molecule has 20 heavy (non-hydrogen) atoms. The van der Waals surface area contributed by atoms with Crippen LogP contribution in [0.25, 0.3) is 0 Å². The van der Waals surface area contributed by atoms with Crippen LogP contribution in [0.5, 0.6) is 11.6 Å². The van der Waals surface area contributed by atoms with Gasteiger partial charge in [0.15, 0.2) is 5.16 Å². The maximum absolute atomic E-state index is 10.9. The number of thioether (sulfide) groups is 1. The lowest BCUT2D eigenvalue weighted by atomic mass is 10.3. The fraction of sp³-hybridized carbons (Fsp3) is 0.0909. The molecule has 104 valence electrons. The van der Waals surface area contributed by atoms with E-state index in [-0.39, 0.29) is 22.5 Å². The molecular formula is C11H7Cl2N3O3S. The molecule has 0 saturated carbocycles. The van der Waals surface area contributed by atoms with Crippen LogP contribution in [-0.2, 0) is 0 Å². The molecule has 6 nitrogen and oxygen atoms in total. The molecule has 0 unspecified atom stereocenters. The fourth-order valence-corrected chi connectivity index (χ4v) is 2.11. The topological polar surface area (TPSA) is 78.2 Å². The van der Waals surface area contributed by atoms with Crippen molar-refractivity contribution in [3.05, 3.63) is 44.6 Å². The predicted octanol–water partition coefficient (Wildman–Crippen LogP) is 4.21. The van der Waals surface area contributed by atoms with Crippen LogP contribution in [0.2, 0.25) is 10.2 Å². The van der Waals surface area contributed by atoms with Gasteiger partial charge in [-0.25, -0.2) is 4.98 Å². The smallest absolute Gasteiger partial charge is 0.311 e. The van der Waals surface area contributed by atoms with Gasteiger partial charge in [-0.1, -0.05) is 35.0 Å². The molecule has 0 aliphatic heterocycles. The van der Waals surface area contributed by atoms with E-state index in [1.165, 1.54) is 36.0 Å². The third kappa shape index (κ3) is 3.50. The minimum atomic E-state index is -0.566. The SMILES string of the molecule is CSc1nc(Cl)cc(Oc2cc(Cl)ccc2[N+](=O)[O-])n1. The summed E-state index contributed by atoms with van der Waals surface area (Å²) in [6, 6.07) is 5.38. The van der Waals surface area contributed by atoms with E-state index in [0.717, 1.165) is 0 Å². The molecule has 1 aromatic heterocycles. The first-order valence-electron chi connectivity index (χ1n) is 5.20. The molecule has 0 spiro atoms. The Morgan fingerprint density at radius 3 is 2.70 bits per heavy atom. The van der Waals surface area contributed by atoms with Gasteiger partial charge in [-0.2, -0.15) is 4.98 Å². The molecule has 2 aromatic rings. The van der Waals surface area contributed by atoms with Crippen molar-refractivity contribution in [1.82, 2.24) is 9.97 Å². The van der Waals surface area contributed by atoms with Gasteiger partial charge in [-0.3, -0.25) is 10.1 Å². The molecule has 0 radical (unpaired) electrons. The van der Waals surface area contributed by atoms with Gasteiger partial charge in [0, 0.05) is 23.2 Å². The molecule has 2 rings (SSSR count). The molecule has 0 fully saturated rings. The van der Waals surface area contributed by atoms with E-state index >= 15 is 0 Å². The van der Waals surface area contributed by atoms with Crippen LogP contribution < -0.4 is 4.74 Å². The molecule has 0 N–H and O–H groups in total. The minimum absolute atomic E-state index is 0.00989. The number of nitro benzene ring substituents is 1. The molecule has 0 aliphatic carbocycles. The average Bonchev–Trinajstić information content (AvgIpc) is 2.37. The van der Waals surface area contributed by atoms with Crippen LogP contribution in [0, 0.1) is 10.1 Å². The molecule has 0 saturated heterocycles. The highest BCUT2D eigenvalue weighted by Crippen LogP contribution is 2.33. The molecule has 0 atom stereocenters. The fourth-order valence-electron chi connectivity index (χ4n) is 1.35. The van der Waals surface area contributed by atoms with Gasteiger partial charge in [0.1, 0.15) is 5.15 Å². The quantitative estimate of drug-likeness (QED) is 0.274. The summed E-state index contributed by atoms with van der Waals surface area (Å²) in [5, 5.41) is 11.8. The summed E-state index contributed by atoms with van der Waals surface area (Å²) in [6.07, 6.45) is 1.78. The number of hydrogen-bond donors (Lipinski definition) is 0. The second kappa shape index (κ2) is 6.25. The maximum atomic E-state index is 10.9. The number of rotatable bonds is 4. The third-order valence-electron chi connectivity index (χ3n) is 2.17. The largest absolute Gasteiger partial charge is 0.432 e. The molecule has 0 amide bonds. The molecule has 9 heteroatoms. The van der Waals surface area contributed by atoms with E-state index in [1.54, 1.807) is 6.26 Å². The zero-order valence-electron chi connectivity index (χ0n) is 10.0. The Balaban J connectivity index is 2.41. The first kappa shape index (κ1) is 14.8. The van der Waals surface area contributed by atoms with Crippen LogP contribution in [-0.4, -0.2) is 21.1 Å². The van der Waals surface area contributed by atoms with Gasteiger partial charge >= 0.3 is 5.69 Å². The summed E-state index contributed by atoms with van der Waals surface area (Å²) in [5.74, 6) is 0.101. The van der Waals surface area contributed by atoms with Crippen LogP contribution in [0.4, 0.5) is 5.69 Å². The lowest BCUT2D eigenvalue weighted by molar-refractivity contribution is -0.385. The Labute approximate surface area is 128 Å². The highest BCUT2D eigenvalue weighted by molar-refractivity contribution is 7.98. The van der Waals surface area contributed by atoms with Gasteiger partial charge < -0.3 is 4.74 Å². The van der Waals surface area contributed by atoms with Crippen LogP contribution >= 0.6 is 35.0 Å². The minimum Gasteiger partial charge on any atom is -0.432 e. The number of aromatic nitrogens is 2. The molecule has 0 bridgehead atoms. The summed E-state index contributed by atoms with van der Waals surface area (Å²) < 4.78 is 5.40. The maximum Gasteiger partial charge on any atom is 0.311 e. The zero-order chi connectivity index (χ0) is 14.7. The van der Waals surface area contributed by atoms with Crippen molar-refractivity contribution in [2.24, 2.45) is 0 Å². The van der Waals surface area contributed by atoms with Crippen molar-refractivity contribution in [3.63, 3.8) is 0 Å². The van der Waals surface area contributed by atoms with Crippen LogP contribution in [0.1, 0.15) is 0 Å². The first-order valence-corrected chi connectivity index (χ1v) is 7.18. The number of halogens is 2. The highest BCUT2D eigenvalue weighted by atomic mass is 35.5. The standard InChI is InChI=1S/C11H7Cl2N3O3S/c1-20-11-14-9(13)5-10(15-11)19-8-4-6(12)2-3-7(8)16(17)18/h2-5H,1H3. The molecule has 1 heterocycles. The number of hydrogen-bond acceptors (Lipinski definition) is 6. The number of nitro groups is 1. The van der Waals surface area contributed by atoms with Crippen molar-refractivity contribution < 1.29 is 9.66 Å². The molecule has 0 aliphatic rings. The van der Waals surface area contributed by atoms with Crippen molar-refractivity contribution in [2.75, 3.05) is 6.26 Å². The second-order valence-electron chi connectivity index (χ2n) is 3.49. The number of benzene rings is 1. The summed E-state index contributed by atoms with van der Waals surface area (Å²) in [5.41, 5.74) is -0.213. The predicted molar refractivity (Wildman–Crippen MR) is 77.0 cm³/mol. The Hall–Kier alpha value is -1.57. The van der Waals surface area contributed by atoms with Gasteiger partial charge in [0.25, 0.3) is 0 Å². The zero-order valence-corrected chi connectivity index (χ0v) is 12.4. The summed E-state index contributed by atoms with van der Waals surface area (Å²) in [7, 11) is 0. The van der Waals surface area contributed by atoms with E-state index in [2.05, 4.69) is 9.97 Å². The van der Waals surface area contributed by atoms with E-state index in [4.69, 9.17) is 27.9 Å². The van der Waals surface area contributed by atoms with Crippen LogP contribution in [0.3, 0.4) is 0 Å².